The second kappa shape index (κ2) is 9.23. The van der Waals surface area contributed by atoms with Crippen LogP contribution in [0.5, 0.6) is 0 Å². The van der Waals surface area contributed by atoms with E-state index in [1.54, 1.807) is 0 Å². The minimum absolute atomic E-state index is 0.213. The van der Waals surface area contributed by atoms with Crippen LogP contribution in [-0.2, 0) is 16.1 Å². The highest BCUT2D eigenvalue weighted by Crippen LogP contribution is 2.28. The lowest BCUT2D eigenvalue weighted by Gasteiger charge is -2.37. The van der Waals surface area contributed by atoms with Gasteiger partial charge in [-0.3, -0.25) is 0 Å². The number of benzene rings is 1. The molecule has 0 unspecified atom stereocenters. The Labute approximate surface area is 152 Å². The van der Waals surface area contributed by atoms with Gasteiger partial charge in [0.1, 0.15) is 5.60 Å². The van der Waals surface area contributed by atoms with E-state index in [4.69, 9.17) is 9.47 Å². The number of ether oxygens (including phenoxy) is 2. The van der Waals surface area contributed by atoms with Gasteiger partial charge in [0.2, 0.25) is 0 Å². The molecule has 2 rings (SSSR count). The Balaban J connectivity index is 1.88. The quantitative estimate of drug-likeness (QED) is 0.678. The maximum Gasteiger partial charge on any atom is 0.410 e. The average Bonchev–Trinajstić information content (AvgIpc) is 2.55. The summed E-state index contributed by atoms with van der Waals surface area (Å²) >= 11 is 0. The first-order chi connectivity index (χ1) is 11.8. The fourth-order valence-corrected chi connectivity index (χ4v) is 3.22. The number of carbonyl (C=O) groups is 1. The summed E-state index contributed by atoms with van der Waals surface area (Å²) in [6, 6.07) is 10.4. The zero-order valence-electron chi connectivity index (χ0n) is 16.2. The maximum atomic E-state index is 12.7. The lowest BCUT2D eigenvalue weighted by atomic mass is 9.87. The largest absolute Gasteiger partial charge is 0.444 e. The van der Waals surface area contributed by atoms with Crippen molar-refractivity contribution in [1.82, 2.24) is 4.90 Å². The van der Waals surface area contributed by atoms with Crippen molar-refractivity contribution in [3.8, 4) is 0 Å². The summed E-state index contributed by atoms with van der Waals surface area (Å²) in [6.45, 7) is 9.72. The van der Waals surface area contributed by atoms with E-state index in [0.717, 1.165) is 24.3 Å². The Hall–Kier alpha value is -1.55. The van der Waals surface area contributed by atoms with Crippen LogP contribution in [0.15, 0.2) is 30.3 Å². The molecular formula is C21H33NO3. The predicted molar refractivity (Wildman–Crippen MR) is 100 cm³/mol. The molecular weight excluding hydrogens is 314 g/mol. The molecule has 0 radical (unpaired) electrons. The predicted octanol–water partition coefficient (Wildman–Crippen LogP) is 5.02. The van der Waals surface area contributed by atoms with Gasteiger partial charge in [-0.05, 0) is 57.9 Å². The summed E-state index contributed by atoms with van der Waals surface area (Å²) in [7, 11) is 0. The van der Waals surface area contributed by atoms with Crippen molar-refractivity contribution in [2.45, 2.75) is 71.6 Å². The van der Waals surface area contributed by atoms with Crippen molar-refractivity contribution in [2.75, 3.05) is 13.2 Å². The molecule has 1 aromatic rings. The first-order valence-electron chi connectivity index (χ1n) is 9.46. The lowest BCUT2D eigenvalue weighted by Crippen LogP contribution is -2.46. The second-order valence-electron chi connectivity index (χ2n) is 8.13. The van der Waals surface area contributed by atoms with E-state index in [1.807, 2.05) is 56.0 Å². The first-order valence-corrected chi connectivity index (χ1v) is 9.46. The monoisotopic (exact) mass is 347 g/mol. The van der Waals surface area contributed by atoms with Gasteiger partial charge in [-0.25, -0.2) is 4.79 Å². The second-order valence-corrected chi connectivity index (χ2v) is 8.13. The molecule has 25 heavy (non-hydrogen) atoms. The van der Waals surface area contributed by atoms with Crippen molar-refractivity contribution in [1.29, 1.82) is 0 Å². The number of rotatable bonds is 6. The summed E-state index contributed by atoms with van der Waals surface area (Å²) in [6.07, 6.45) is 4.25. The van der Waals surface area contributed by atoms with Gasteiger partial charge in [0.05, 0.1) is 13.2 Å². The van der Waals surface area contributed by atoms with Crippen LogP contribution in [0.4, 0.5) is 4.79 Å². The summed E-state index contributed by atoms with van der Waals surface area (Å²) < 4.78 is 11.4. The van der Waals surface area contributed by atoms with Gasteiger partial charge in [-0.1, -0.05) is 37.3 Å². The highest BCUT2D eigenvalue weighted by Gasteiger charge is 2.30. The molecule has 1 amide bonds. The third-order valence-corrected chi connectivity index (χ3v) is 4.64. The smallest absolute Gasteiger partial charge is 0.410 e. The minimum Gasteiger partial charge on any atom is -0.444 e. The lowest BCUT2D eigenvalue weighted by molar-refractivity contribution is 0.000556. The van der Waals surface area contributed by atoms with Crippen LogP contribution in [0.3, 0.4) is 0 Å². The highest BCUT2D eigenvalue weighted by molar-refractivity contribution is 5.68. The molecule has 1 aromatic carbocycles. The summed E-state index contributed by atoms with van der Waals surface area (Å²) in [5, 5.41) is 0. The van der Waals surface area contributed by atoms with Gasteiger partial charge >= 0.3 is 6.09 Å². The van der Waals surface area contributed by atoms with Crippen LogP contribution in [0.25, 0.3) is 0 Å². The van der Waals surface area contributed by atoms with Crippen LogP contribution in [0, 0.1) is 5.92 Å². The first kappa shape index (κ1) is 19.8. The molecule has 1 aliphatic carbocycles. The van der Waals surface area contributed by atoms with E-state index in [1.165, 1.54) is 12.8 Å². The van der Waals surface area contributed by atoms with Crippen molar-refractivity contribution >= 4 is 6.09 Å². The molecule has 0 saturated heterocycles. The van der Waals surface area contributed by atoms with Gasteiger partial charge < -0.3 is 14.4 Å². The Morgan fingerprint density at radius 2 is 1.76 bits per heavy atom. The summed E-state index contributed by atoms with van der Waals surface area (Å²) in [4.78, 5) is 14.5. The molecule has 1 fully saturated rings. The number of carbonyl (C=O) groups excluding carboxylic acids is 1. The van der Waals surface area contributed by atoms with Crippen molar-refractivity contribution in [2.24, 2.45) is 5.92 Å². The average molecular weight is 347 g/mol. The molecule has 0 heterocycles. The van der Waals surface area contributed by atoms with Gasteiger partial charge in [-0.2, -0.15) is 0 Å². The van der Waals surface area contributed by atoms with E-state index in [0.29, 0.717) is 19.8 Å². The standard InChI is InChI=1S/C21H33NO3/c1-17-10-12-19(13-11-17)22(20(23)25-21(2,3)4)14-15-24-16-18-8-6-5-7-9-18/h5-9,17,19H,10-16H2,1-4H3/t17-,19-. The van der Waals surface area contributed by atoms with E-state index in [2.05, 4.69) is 6.92 Å². The van der Waals surface area contributed by atoms with Crippen molar-refractivity contribution < 1.29 is 14.3 Å². The van der Waals surface area contributed by atoms with Crippen LogP contribution in [-0.4, -0.2) is 35.8 Å². The Bertz CT molecular complexity index is 516. The third-order valence-electron chi connectivity index (χ3n) is 4.64. The summed E-state index contributed by atoms with van der Waals surface area (Å²) in [5.74, 6) is 0.756. The van der Waals surface area contributed by atoms with Gasteiger partial charge in [-0.15, -0.1) is 0 Å². The molecule has 0 aromatic heterocycles. The number of nitrogens with zero attached hydrogens (tertiary/aromatic N) is 1. The Morgan fingerprint density at radius 3 is 2.36 bits per heavy atom. The van der Waals surface area contributed by atoms with E-state index in [-0.39, 0.29) is 12.1 Å². The third kappa shape index (κ3) is 7.07. The topological polar surface area (TPSA) is 38.8 Å². The van der Waals surface area contributed by atoms with Crippen molar-refractivity contribution in [3.05, 3.63) is 35.9 Å². The Morgan fingerprint density at radius 1 is 1.12 bits per heavy atom. The van der Waals surface area contributed by atoms with Crippen LogP contribution >= 0.6 is 0 Å². The van der Waals surface area contributed by atoms with E-state index in [9.17, 15) is 4.79 Å². The van der Waals surface area contributed by atoms with Gasteiger partial charge in [0.25, 0.3) is 0 Å². The fourth-order valence-electron chi connectivity index (χ4n) is 3.22. The van der Waals surface area contributed by atoms with Crippen LogP contribution in [0.2, 0.25) is 0 Å². The molecule has 0 bridgehead atoms. The molecule has 0 spiro atoms. The molecule has 1 aliphatic rings. The molecule has 1 saturated carbocycles. The highest BCUT2D eigenvalue weighted by atomic mass is 16.6. The van der Waals surface area contributed by atoms with Crippen LogP contribution in [0.1, 0.15) is 58.9 Å². The number of amides is 1. The molecule has 4 heteroatoms. The molecule has 0 N–H and O–H groups in total. The molecule has 140 valence electrons. The number of hydrogen-bond acceptors (Lipinski definition) is 3. The van der Waals surface area contributed by atoms with Crippen molar-refractivity contribution in [3.63, 3.8) is 0 Å². The van der Waals surface area contributed by atoms with Gasteiger partial charge in [0, 0.05) is 12.6 Å². The fraction of sp³-hybridized carbons (Fsp3) is 0.667. The van der Waals surface area contributed by atoms with E-state index >= 15 is 0 Å². The van der Waals surface area contributed by atoms with Crippen LogP contribution < -0.4 is 0 Å². The molecule has 0 atom stereocenters. The summed E-state index contributed by atoms with van der Waals surface area (Å²) in [5.41, 5.74) is 0.681. The zero-order chi connectivity index (χ0) is 18.3. The normalized spacial score (nSPS) is 21.0. The molecule has 4 nitrogen and oxygen atoms in total. The maximum absolute atomic E-state index is 12.7. The van der Waals surface area contributed by atoms with E-state index < -0.39 is 5.60 Å². The Kier molecular flexibility index (Phi) is 7.30. The van der Waals surface area contributed by atoms with Gasteiger partial charge in [0.15, 0.2) is 0 Å². The molecule has 0 aliphatic heterocycles. The zero-order valence-corrected chi connectivity index (χ0v) is 16.2. The minimum atomic E-state index is -0.470. The number of hydrogen-bond donors (Lipinski definition) is 0. The SMILES string of the molecule is CC(C)(C)OC(=O)N(CCOCc1ccccc1)[C@H]1CC[C@H](C)CC1.